The number of rotatable bonds is 2. The van der Waals surface area contributed by atoms with Gasteiger partial charge in [0.1, 0.15) is 7.85 Å². The van der Waals surface area contributed by atoms with Crippen molar-refractivity contribution in [2.75, 3.05) is 0 Å². The molecule has 4 rings (SSSR count). The molecule has 2 heterocycles. The predicted octanol–water partition coefficient (Wildman–Crippen LogP) is 0.814. The maximum atomic E-state index is 13.2. The number of aromatic amines is 1. The fourth-order valence-electron chi connectivity index (χ4n) is 3.19. The van der Waals surface area contributed by atoms with E-state index < -0.39 is 15.4 Å². The number of aromatic nitrogens is 4. The monoisotopic (exact) mass is 364 g/mol. The third-order valence-corrected chi connectivity index (χ3v) is 6.09. The Kier molecular flexibility index (Phi) is 3.52. The number of benzene rings is 2. The third kappa shape index (κ3) is 2.27. The van der Waals surface area contributed by atoms with E-state index in [0.29, 0.717) is 16.5 Å². The summed E-state index contributed by atoms with van der Waals surface area (Å²) in [6, 6.07) is 10.1. The molecule has 2 aromatic heterocycles. The average molecular weight is 364 g/mol. The predicted molar refractivity (Wildman–Crippen MR) is 97.9 cm³/mol. The molecule has 0 saturated heterocycles. The first kappa shape index (κ1) is 16.5. The summed E-state index contributed by atoms with van der Waals surface area (Å²) in [5.41, 5.74) is 1.40. The molecule has 1 N–H and O–H groups in total. The number of nitrogens with zero attached hydrogens (tertiary/aromatic N) is 3. The van der Waals surface area contributed by atoms with Crippen molar-refractivity contribution in [1.29, 1.82) is 0 Å². The van der Waals surface area contributed by atoms with Crippen molar-refractivity contribution in [1.82, 2.24) is 19.8 Å². The molecule has 0 aliphatic heterocycles. The van der Waals surface area contributed by atoms with Gasteiger partial charge in [0, 0.05) is 0 Å². The smallest absolute Gasteiger partial charge is 0.267 e. The topological polar surface area (TPSA) is 97.2 Å². The minimum absolute atomic E-state index is 0.0282. The molecule has 0 saturated carbocycles. The summed E-state index contributed by atoms with van der Waals surface area (Å²) in [4.78, 5) is 16.2. The van der Waals surface area contributed by atoms with Gasteiger partial charge in [-0.3, -0.25) is 4.79 Å². The molecule has 128 valence electrons. The van der Waals surface area contributed by atoms with Crippen LogP contribution in [0.4, 0.5) is 0 Å². The molecule has 9 heteroatoms. The highest BCUT2D eigenvalue weighted by Gasteiger charge is 2.29. The van der Waals surface area contributed by atoms with Crippen LogP contribution < -0.4 is 11.0 Å². The summed E-state index contributed by atoms with van der Waals surface area (Å²) in [7, 11) is 1.90. The van der Waals surface area contributed by atoms with Crippen molar-refractivity contribution < 1.29 is 8.42 Å². The highest BCUT2D eigenvalue weighted by molar-refractivity contribution is 7.91. The Morgan fingerprint density at radius 3 is 2.62 bits per heavy atom. The van der Waals surface area contributed by atoms with E-state index in [0.717, 1.165) is 5.56 Å². The van der Waals surface area contributed by atoms with Gasteiger partial charge < -0.3 is 0 Å². The number of fused-ring (bicyclic) bond motifs is 3. The first-order chi connectivity index (χ1) is 12.3. The zero-order valence-corrected chi connectivity index (χ0v) is 14.8. The second-order valence-electron chi connectivity index (χ2n) is 6.11. The summed E-state index contributed by atoms with van der Waals surface area (Å²) in [6.45, 7) is 3.50. The fraction of sp³-hybridized carbons (Fsp3) is 0.118. The van der Waals surface area contributed by atoms with Crippen molar-refractivity contribution in [3.8, 4) is 0 Å². The fourth-order valence-corrected chi connectivity index (χ4v) is 4.78. The van der Waals surface area contributed by atoms with Crippen LogP contribution in [0.15, 0.2) is 51.1 Å². The van der Waals surface area contributed by atoms with Crippen LogP contribution in [0.5, 0.6) is 0 Å². The van der Waals surface area contributed by atoms with Gasteiger partial charge in [-0.1, -0.05) is 35.3 Å². The minimum Gasteiger partial charge on any atom is -0.267 e. The van der Waals surface area contributed by atoms with Gasteiger partial charge in [0.15, 0.2) is 5.65 Å². The van der Waals surface area contributed by atoms with E-state index in [2.05, 4.69) is 15.3 Å². The van der Waals surface area contributed by atoms with Gasteiger partial charge in [0.25, 0.3) is 5.56 Å². The molecule has 2 radical (unpaired) electrons. The second kappa shape index (κ2) is 5.53. The van der Waals surface area contributed by atoms with Gasteiger partial charge in [0.2, 0.25) is 14.9 Å². The van der Waals surface area contributed by atoms with Gasteiger partial charge in [-0.25, -0.2) is 18.1 Å². The summed E-state index contributed by atoms with van der Waals surface area (Å²) in [5.74, 6) is 0. The highest BCUT2D eigenvalue weighted by atomic mass is 32.2. The second-order valence-corrected chi connectivity index (χ2v) is 7.92. The number of hydrogen-bond donors (Lipinski definition) is 1. The lowest BCUT2D eigenvalue weighted by atomic mass is 9.92. The highest BCUT2D eigenvalue weighted by Crippen LogP contribution is 2.24. The van der Waals surface area contributed by atoms with E-state index in [1.54, 1.807) is 43.3 Å². The SMILES string of the molecule is [B]c1cc(C)cc(C)c1S(=O)(=O)c1n[nH]n2c1nc(=O)c1ccccc12. The van der Waals surface area contributed by atoms with Crippen molar-refractivity contribution in [3.05, 3.63) is 57.9 Å². The summed E-state index contributed by atoms with van der Waals surface area (Å²) >= 11 is 0. The van der Waals surface area contributed by atoms with Gasteiger partial charge in [-0.2, -0.15) is 4.98 Å². The van der Waals surface area contributed by atoms with Crippen molar-refractivity contribution in [2.45, 2.75) is 23.8 Å². The maximum absolute atomic E-state index is 13.2. The van der Waals surface area contributed by atoms with Gasteiger partial charge in [-0.15, -0.1) is 5.10 Å². The molecule has 26 heavy (non-hydrogen) atoms. The number of hydrogen-bond acceptors (Lipinski definition) is 5. The molecule has 0 atom stereocenters. The Bertz CT molecular complexity index is 1330. The summed E-state index contributed by atoms with van der Waals surface area (Å²) in [6.07, 6.45) is 0. The molecule has 0 spiro atoms. The molecule has 2 aromatic carbocycles. The molecule has 0 aliphatic rings. The number of nitrogens with one attached hydrogen (secondary N) is 1. The van der Waals surface area contributed by atoms with Crippen LogP contribution in [0.25, 0.3) is 16.6 Å². The Balaban J connectivity index is 2.08. The molecule has 4 aromatic rings. The van der Waals surface area contributed by atoms with Crippen molar-refractivity contribution >= 4 is 39.7 Å². The normalized spacial score (nSPS) is 12.1. The lowest BCUT2D eigenvalue weighted by Gasteiger charge is -2.11. The van der Waals surface area contributed by atoms with Crippen molar-refractivity contribution in [3.63, 3.8) is 0 Å². The van der Waals surface area contributed by atoms with E-state index in [9.17, 15) is 13.2 Å². The Hall–Kier alpha value is -2.94. The molecule has 0 amide bonds. The number of aryl methyl sites for hydroxylation is 2. The van der Waals surface area contributed by atoms with E-state index >= 15 is 0 Å². The van der Waals surface area contributed by atoms with Crippen LogP contribution in [-0.2, 0) is 9.84 Å². The zero-order chi connectivity index (χ0) is 18.6. The molecular formula is C17H13BN4O3S. The van der Waals surface area contributed by atoms with Crippen molar-refractivity contribution in [2.24, 2.45) is 0 Å². The van der Waals surface area contributed by atoms with E-state index in [1.165, 1.54) is 4.52 Å². The lowest BCUT2D eigenvalue weighted by Crippen LogP contribution is -2.20. The van der Waals surface area contributed by atoms with Gasteiger partial charge in [-0.05, 0) is 31.5 Å². The largest absolute Gasteiger partial charge is 0.281 e. The van der Waals surface area contributed by atoms with E-state index in [-0.39, 0.29) is 21.0 Å². The number of para-hydroxylation sites is 1. The standard InChI is InChI=1S/C17H13BN4O3S/c1-9-7-10(2)14(12(18)8-9)26(24,25)17-15-19-16(23)11-5-3-4-6-13(11)22(15)21-20-17/h3-8,21H,1-2H3. The minimum atomic E-state index is -4.08. The van der Waals surface area contributed by atoms with Crippen LogP contribution in [0.3, 0.4) is 0 Å². The van der Waals surface area contributed by atoms with Crippen LogP contribution in [0.1, 0.15) is 11.1 Å². The van der Waals surface area contributed by atoms with Crippen LogP contribution >= 0.6 is 0 Å². The Morgan fingerprint density at radius 2 is 1.88 bits per heavy atom. The molecular weight excluding hydrogens is 351 g/mol. The Morgan fingerprint density at radius 1 is 1.15 bits per heavy atom. The van der Waals surface area contributed by atoms with Gasteiger partial charge >= 0.3 is 0 Å². The number of sulfone groups is 1. The molecule has 0 fully saturated rings. The molecule has 0 unspecified atom stereocenters. The average Bonchev–Trinajstić information content (AvgIpc) is 2.98. The first-order valence-corrected chi connectivity index (χ1v) is 9.26. The zero-order valence-electron chi connectivity index (χ0n) is 14.0. The molecule has 7 nitrogen and oxygen atoms in total. The van der Waals surface area contributed by atoms with E-state index in [1.807, 2.05) is 6.92 Å². The quantitative estimate of drug-likeness (QED) is 0.531. The van der Waals surface area contributed by atoms with Crippen LogP contribution in [-0.4, -0.2) is 36.1 Å². The maximum Gasteiger partial charge on any atom is 0.281 e. The van der Waals surface area contributed by atoms with Crippen LogP contribution in [0, 0.1) is 13.8 Å². The number of H-pyrrole nitrogens is 1. The van der Waals surface area contributed by atoms with Crippen LogP contribution in [0.2, 0.25) is 0 Å². The molecule has 0 aliphatic carbocycles. The third-order valence-electron chi connectivity index (χ3n) is 4.21. The lowest BCUT2D eigenvalue weighted by molar-refractivity contribution is 0.592. The molecule has 0 bridgehead atoms. The summed E-state index contributed by atoms with van der Waals surface area (Å²) < 4.78 is 27.8. The Labute approximate surface area is 150 Å². The van der Waals surface area contributed by atoms with E-state index in [4.69, 9.17) is 7.85 Å². The van der Waals surface area contributed by atoms with Gasteiger partial charge in [0.05, 0.1) is 15.8 Å². The summed E-state index contributed by atoms with van der Waals surface area (Å²) in [5, 5.41) is 6.59. The first-order valence-electron chi connectivity index (χ1n) is 7.78.